The minimum atomic E-state index is 1.22. The van der Waals surface area contributed by atoms with Crippen molar-refractivity contribution < 1.29 is 0 Å². The fourth-order valence-corrected chi connectivity index (χ4v) is 5.94. The lowest BCUT2D eigenvalue weighted by Crippen LogP contribution is -1.93. The minimum Gasteiger partial charge on any atom is -0.309 e. The molecule has 0 saturated heterocycles. The zero-order valence-corrected chi connectivity index (χ0v) is 22.8. The highest BCUT2D eigenvalue weighted by molar-refractivity contribution is 6.10. The van der Waals surface area contributed by atoms with Crippen LogP contribution in [0, 0.1) is 13.8 Å². The maximum Gasteiger partial charge on any atom is 0.0541 e. The molecule has 0 radical (unpaired) electrons. The molecule has 8 aromatic rings. The molecule has 2 heteroatoms. The van der Waals surface area contributed by atoms with Crippen molar-refractivity contribution in [3.8, 4) is 11.4 Å². The van der Waals surface area contributed by atoms with Crippen LogP contribution in [-0.4, -0.2) is 9.13 Å². The van der Waals surface area contributed by atoms with Crippen molar-refractivity contribution in [2.75, 3.05) is 0 Å². The van der Waals surface area contributed by atoms with Gasteiger partial charge in [0.05, 0.1) is 22.1 Å². The van der Waals surface area contributed by atoms with E-state index < -0.39 is 0 Å². The van der Waals surface area contributed by atoms with E-state index in [1.54, 1.807) is 0 Å². The van der Waals surface area contributed by atoms with Gasteiger partial charge in [-0.25, -0.2) is 0 Å². The summed E-state index contributed by atoms with van der Waals surface area (Å²) >= 11 is 0. The van der Waals surface area contributed by atoms with E-state index in [2.05, 4.69) is 169 Å². The summed E-state index contributed by atoms with van der Waals surface area (Å²) in [5.41, 5.74) is 10.1. The Hall–Kier alpha value is -5.08. The van der Waals surface area contributed by atoms with Crippen LogP contribution in [-0.2, 0) is 0 Å². The average Bonchev–Trinajstić information content (AvgIpc) is 3.51. The van der Waals surface area contributed by atoms with Crippen molar-refractivity contribution >= 4 is 43.6 Å². The van der Waals surface area contributed by atoms with Gasteiger partial charge in [0.1, 0.15) is 0 Å². The van der Waals surface area contributed by atoms with Gasteiger partial charge in [0.2, 0.25) is 0 Å². The number of hydrogen-bond donors (Lipinski definition) is 0. The quantitative estimate of drug-likeness (QED) is 0.217. The highest BCUT2D eigenvalue weighted by Gasteiger charge is 2.12. The first kappa shape index (κ1) is 24.0. The molecular weight excluding hydrogens is 484 g/mol. The van der Waals surface area contributed by atoms with Crippen LogP contribution in [0.25, 0.3) is 55.0 Å². The van der Waals surface area contributed by atoms with Crippen LogP contribution in [0.2, 0.25) is 0 Å². The number of benzene rings is 6. The van der Waals surface area contributed by atoms with Crippen molar-refractivity contribution in [3.63, 3.8) is 0 Å². The number of fused-ring (bicyclic) bond motifs is 6. The Balaban J connectivity index is 0.000000132. The van der Waals surface area contributed by atoms with Crippen molar-refractivity contribution in [2.24, 2.45) is 0 Å². The summed E-state index contributed by atoms with van der Waals surface area (Å²) in [5.74, 6) is 0. The number of rotatable bonds is 2. The number of aryl methyl sites for hydroxylation is 2. The van der Waals surface area contributed by atoms with E-state index in [4.69, 9.17) is 0 Å². The third-order valence-electron chi connectivity index (χ3n) is 7.68. The maximum atomic E-state index is 2.34. The molecule has 0 bridgehead atoms. The third-order valence-corrected chi connectivity index (χ3v) is 7.68. The molecule has 0 saturated carbocycles. The van der Waals surface area contributed by atoms with E-state index in [0.29, 0.717) is 0 Å². The third kappa shape index (κ3) is 4.06. The SMILES string of the molecule is Cc1cccc(-n2c3ccccc3c3ccccc32)c1.Cc1cccc(-n2c3ccccc3c3ccccc32)c1. The smallest absolute Gasteiger partial charge is 0.0541 e. The molecule has 40 heavy (non-hydrogen) atoms. The first-order valence-corrected chi connectivity index (χ1v) is 13.8. The van der Waals surface area contributed by atoms with Gasteiger partial charge in [-0.1, -0.05) is 97.1 Å². The fraction of sp³-hybridized carbons (Fsp3) is 0.0526. The summed E-state index contributed by atoms with van der Waals surface area (Å²) in [6.45, 7) is 4.27. The Morgan fingerprint density at radius 1 is 0.325 bits per heavy atom. The lowest BCUT2D eigenvalue weighted by atomic mass is 10.2. The lowest BCUT2D eigenvalue weighted by Gasteiger charge is -2.08. The average molecular weight is 515 g/mol. The van der Waals surface area contributed by atoms with Crippen LogP contribution < -0.4 is 0 Å². The van der Waals surface area contributed by atoms with Crippen LogP contribution in [0.15, 0.2) is 146 Å². The number of hydrogen-bond acceptors (Lipinski definition) is 0. The van der Waals surface area contributed by atoms with Gasteiger partial charge in [0.25, 0.3) is 0 Å². The predicted molar refractivity (Wildman–Crippen MR) is 171 cm³/mol. The highest BCUT2D eigenvalue weighted by atomic mass is 15.0. The van der Waals surface area contributed by atoms with Gasteiger partial charge in [-0.15, -0.1) is 0 Å². The molecule has 0 N–H and O–H groups in total. The van der Waals surface area contributed by atoms with E-state index in [9.17, 15) is 0 Å². The van der Waals surface area contributed by atoms with Gasteiger partial charge in [0.15, 0.2) is 0 Å². The summed E-state index contributed by atoms with van der Waals surface area (Å²) in [7, 11) is 0. The van der Waals surface area contributed by atoms with Crippen LogP contribution in [0.3, 0.4) is 0 Å². The maximum absolute atomic E-state index is 2.34. The Morgan fingerprint density at radius 2 is 0.625 bits per heavy atom. The molecule has 0 amide bonds. The van der Waals surface area contributed by atoms with Crippen molar-refractivity contribution in [1.29, 1.82) is 0 Å². The van der Waals surface area contributed by atoms with Crippen LogP contribution in [0.5, 0.6) is 0 Å². The zero-order valence-electron chi connectivity index (χ0n) is 22.8. The first-order valence-electron chi connectivity index (χ1n) is 13.8. The first-order chi connectivity index (χ1) is 19.7. The molecule has 0 aliphatic carbocycles. The largest absolute Gasteiger partial charge is 0.309 e. The second-order valence-corrected chi connectivity index (χ2v) is 10.4. The molecule has 192 valence electrons. The van der Waals surface area contributed by atoms with Crippen molar-refractivity contribution in [1.82, 2.24) is 9.13 Å². The molecule has 8 rings (SSSR count). The summed E-state index contributed by atoms with van der Waals surface area (Å²) in [5, 5.41) is 5.24. The fourth-order valence-electron chi connectivity index (χ4n) is 5.94. The van der Waals surface area contributed by atoms with Gasteiger partial charge in [-0.3, -0.25) is 0 Å². The summed E-state index contributed by atoms with van der Waals surface area (Å²) < 4.78 is 4.69. The number of aromatic nitrogens is 2. The van der Waals surface area contributed by atoms with E-state index in [1.165, 1.54) is 66.1 Å². The van der Waals surface area contributed by atoms with Gasteiger partial charge < -0.3 is 9.13 Å². The van der Waals surface area contributed by atoms with Gasteiger partial charge in [-0.2, -0.15) is 0 Å². The number of nitrogens with zero attached hydrogens (tertiary/aromatic N) is 2. The molecule has 0 spiro atoms. The van der Waals surface area contributed by atoms with Crippen molar-refractivity contribution in [3.05, 3.63) is 157 Å². The molecule has 0 aliphatic rings. The van der Waals surface area contributed by atoms with Gasteiger partial charge in [-0.05, 0) is 73.5 Å². The molecular formula is C38H30N2. The second kappa shape index (κ2) is 9.91. The molecule has 2 aromatic heterocycles. The van der Waals surface area contributed by atoms with E-state index in [1.807, 2.05) is 0 Å². The van der Waals surface area contributed by atoms with E-state index >= 15 is 0 Å². The molecule has 0 aliphatic heterocycles. The Kier molecular flexibility index (Phi) is 5.94. The van der Waals surface area contributed by atoms with Crippen LogP contribution in [0.4, 0.5) is 0 Å². The van der Waals surface area contributed by atoms with E-state index in [-0.39, 0.29) is 0 Å². The standard InChI is InChI=1S/2C19H15N/c2*1-14-7-6-8-15(13-14)20-18-11-4-2-9-16(18)17-10-3-5-12-19(17)20/h2*2-13H,1H3. The summed E-state index contributed by atoms with van der Waals surface area (Å²) in [6.07, 6.45) is 0. The zero-order chi connectivity index (χ0) is 27.1. The highest BCUT2D eigenvalue weighted by Crippen LogP contribution is 2.33. The lowest BCUT2D eigenvalue weighted by molar-refractivity contribution is 1.17. The van der Waals surface area contributed by atoms with Crippen LogP contribution in [0.1, 0.15) is 11.1 Å². The topological polar surface area (TPSA) is 9.86 Å². The van der Waals surface area contributed by atoms with Crippen LogP contribution >= 0.6 is 0 Å². The normalized spacial score (nSPS) is 11.2. The molecule has 0 unspecified atom stereocenters. The van der Waals surface area contributed by atoms with Crippen molar-refractivity contribution in [2.45, 2.75) is 13.8 Å². The summed E-state index contributed by atoms with van der Waals surface area (Å²) in [6, 6.07) is 51.7. The molecule has 0 atom stereocenters. The Morgan fingerprint density at radius 3 is 0.925 bits per heavy atom. The molecule has 0 fully saturated rings. The number of para-hydroxylation sites is 4. The van der Waals surface area contributed by atoms with E-state index in [0.717, 1.165) is 0 Å². The minimum absolute atomic E-state index is 1.22. The Labute approximate surface area is 234 Å². The summed E-state index contributed by atoms with van der Waals surface area (Å²) in [4.78, 5) is 0. The van der Waals surface area contributed by atoms with Gasteiger partial charge in [0, 0.05) is 32.9 Å². The monoisotopic (exact) mass is 514 g/mol. The second-order valence-electron chi connectivity index (χ2n) is 10.4. The molecule has 2 nitrogen and oxygen atoms in total. The Bertz CT molecular complexity index is 1880. The predicted octanol–water partition coefficient (Wildman–Crippen LogP) is 10.2. The van der Waals surface area contributed by atoms with Gasteiger partial charge >= 0.3 is 0 Å². The molecule has 6 aromatic carbocycles. The molecule has 2 heterocycles.